The van der Waals surface area contributed by atoms with Crippen molar-refractivity contribution >= 4 is 17.9 Å². The quantitative estimate of drug-likeness (QED) is 0.0344. The van der Waals surface area contributed by atoms with Gasteiger partial charge in [0.25, 0.3) is 0 Å². The predicted octanol–water partition coefficient (Wildman–Crippen LogP) is 17.9. The molecule has 0 aliphatic carbocycles. The maximum absolute atomic E-state index is 12.8. The molecule has 62 heavy (non-hydrogen) atoms. The zero-order valence-electron chi connectivity index (χ0n) is 42.7. The first-order chi connectivity index (χ1) is 30.1. The molecule has 0 aliphatic rings. The number of hydrogen-bond acceptors (Lipinski definition) is 6. The monoisotopic (exact) mass is 877 g/mol. The Morgan fingerprint density at radius 1 is 0.323 bits per heavy atom. The van der Waals surface area contributed by atoms with Crippen LogP contribution in [-0.4, -0.2) is 37.2 Å². The SMILES string of the molecule is CCC(C)CCCCCCCCCCC(=O)OC[C@H](COC(=O)CCCCCCCCCCCCCC(C)C)OC(=O)CCCCCCCCCCCCCCCCCC(C)C. The Bertz CT molecular complexity index is 962. The van der Waals surface area contributed by atoms with Crippen LogP contribution in [0.15, 0.2) is 0 Å². The van der Waals surface area contributed by atoms with Gasteiger partial charge < -0.3 is 14.2 Å². The van der Waals surface area contributed by atoms with Crippen molar-refractivity contribution < 1.29 is 28.6 Å². The second kappa shape index (κ2) is 47.4. The summed E-state index contributed by atoms with van der Waals surface area (Å²) in [6, 6.07) is 0. The first kappa shape index (κ1) is 60.4. The molecule has 0 rings (SSSR count). The number of hydrogen-bond donors (Lipinski definition) is 0. The maximum Gasteiger partial charge on any atom is 0.306 e. The lowest BCUT2D eigenvalue weighted by molar-refractivity contribution is -0.167. The van der Waals surface area contributed by atoms with Gasteiger partial charge in [0.1, 0.15) is 13.2 Å². The van der Waals surface area contributed by atoms with E-state index >= 15 is 0 Å². The molecule has 0 aliphatic heterocycles. The molecule has 6 heteroatoms. The number of esters is 3. The highest BCUT2D eigenvalue weighted by molar-refractivity contribution is 5.71. The topological polar surface area (TPSA) is 78.9 Å². The van der Waals surface area contributed by atoms with Crippen LogP contribution in [0.25, 0.3) is 0 Å². The molecule has 0 saturated carbocycles. The Labute approximate surface area is 387 Å². The molecule has 0 saturated heterocycles. The van der Waals surface area contributed by atoms with Gasteiger partial charge in [-0.15, -0.1) is 0 Å². The first-order valence-electron chi connectivity index (χ1n) is 27.6. The van der Waals surface area contributed by atoms with E-state index in [2.05, 4.69) is 41.5 Å². The summed E-state index contributed by atoms with van der Waals surface area (Å²) < 4.78 is 16.9. The Balaban J connectivity index is 4.30. The average molecular weight is 877 g/mol. The van der Waals surface area contributed by atoms with Gasteiger partial charge in [0.2, 0.25) is 0 Å². The summed E-state index contributed by atoms with van der Waals surface area (Å²) in [5.41, 5.74) is 0. The van der Waals surface area contributed by atoms with Crippen LogP contribution in [0, 0.1) is 17.8 Å². The number of ether oxygens (including phenoxy) is 3. The number of carbonyl (C=O) groups is 3. The van der Waals surface area contributed by atoms with Gasteiger partial charge >= 0.3 is 17.9 Å². The van der Waals surface area contributed by atoms with Crippen molar-refractivity contribution in [3.63, 3.8) is 0 Å². The molecule has 0 radical (unpaired) electrons. The molecule has 0 amide bonds. The van der Waals surface area contributed by atoms with Crippen LogP contribution in [0.1, 0.15) is 305 Å². The minimum Gasteiger partial charge on any atom is -0.462 e. The second-order valence-electron chi connectivity index (χ2n) is 20.4. The van der Waals surface area contributed by atoms with Crippen LogP contribution in [0.4, 0.5) is 0 Å². The summed E-state index contributed by atoms with van der Waals surface area (Å²) in [7, 11) is 0. The fraction of sp³-hybridized carbons (Fsp3) is 0.946. The second-order valence-corrected chi connectivity index (χ2v) is 20.4. The fourth-order valence-corrected chi connectivity index (χ4v) is 8.44. The van der Waals surface area contributed by atoms with Gasteiger partial charge in [-0.1, -0.05) is 266 Å². The van der Waals surface area contributed by atoms with Crippen molar-refractivity contribution in [1.82, 2.24) is 0 Å². The molecule has 0 fully saturated rings. The molecule has 0 aromatic heterocycles. The largest absolute Gasteiger partial charge is 0.462 e. The van der Waals surface area contributed by atoms with Crippen molar-refractivity contribution in [3.8, 4) is 0 Å². The molecule has 2 atom stereocenters. The Morgan fingerprint density at radius 3 is 0.839 bits per heavy atom. The van der Waals surface area contributed by atoms with Gasteiger partial charge in [-0.3, -0.25) is 14.4 Å². The molecular formula is C56H108O6. The number of unbranched alkanes of at least 4 members (excludes halogenated alkanes) is 31. The zero-order chi connectivity index (χ0) is 45.6. The highest BCUT2D eigenvalue weighted by Gasteiger charge is 2.19. The van der Waals surface area contributed by atoms with Crippen LogP contribution in [0.5, 0.6) is 0 Å². The summed E-state index contributed by atoms with van der Waals surface area (Å²) in [4.78, 5) is 38.0. The molecule has 0 aromatic carbocycles. The van der Waals surface area contributed by atoms with Crippen molar-refractivity contribution in [2.75, 3.05) is 13.2 Å². The minimum atomic E-state index is -0.763. The third-order valence-electron chi connectivity index (χ3n) is 13.0. The normalized spacial score (nSPS) is 12.6. The lowest BCUT2D eigenvalue weighted by Crippen LogP contribution is -2.30. The van der Waals surface area contributed by atoms with Gasteiger partial charge in [0.15, 0.2) is 6.10 Å². The van der Waals surface area contributed by atoms with E-state index in [4.69, 9.17) is 14.2 Å². The average Bonchev–Trinajstić information content (AvgIpc) is 3.24. The van der Waals surface area contributed by atoms with Crippen LogP contribution in [0.3, 0.4) is 0 Å². The number of carbonyl (C=O) groups excluding carboxylic acids is 3. The van der Waals surface area contributed by atoms with E-state index in [9.17, 15) is 14.4 Å². The number of rotatable bonds is 49. The minimum absolute atomic E-state index is 0.0644. The van der Waals surface area contributed by atoms with E-state index in [1.807, 2.05) is 0 Å². The van der Waals surface area contributed by atoms with Crippen molar-refractivity contribution in [1.29, 1.82) is 0 Å². The van der Waals surface area contributed by atoms with Crippen molar-refractivity contribution in [2.45, 2.75) is 311 Å². The molecule has 0 N–H and O–H groups in total. The van der Waals surface area contributed by atoms with Crippen LogP contribution in [-0.2, 0) is 28.6 Å². The lowest BCUT2D eigenvalue weighted by atomic mass is 9.99. The molecule has 0 aromatic rings. The van der Waals surface area contributed by atoms with Gasteiger partial charge in [0.05, 0.1) is 0 Å². The van der Waals surface area contributed by atoms with Gasteiger partial charge in [0, 0.05) is 19.3 Å². The lowest BCUT2D eigenvalue weighted by Gasteiger charge is -2.18. The molecule has 0 heterocycles. The van der Waals surface area contributed by atoms with Crippen molar-refractivity contribution in [2.24, 2.45) is 17.8 Å². The third kappa shape index (κ3) is 47.9. The van der Waals surface area contributed by atoms with E-state index in [1.165, 1.54) is 186 Å². The summed E-state index contributed by atoms with van der Waals surface area (Å²) in [6.45, 7) is 13.8. The smallest absolute Gasteiger partial charge is 0.306 e. The van der Waals surface area contributed by atoms with E-state index < -0.39 is 6.10 Å². The fourth-order valence-electron chi connectivity index (χ4n) is 8.44. The van der Waals surface area contributed by atoms with Crippen LogP contribution >= 0.6 is 0 Å². The predicted molar refractivity (Wildman–Crippen MR) is 266 cm³/mol. The Hall–Kier alpha value is -1.59. The standard InChI is InChI=1S/C56H108O6/c1-7-52(6)44-38-32-26-22-23-28-34-40-46-55(58)61-49-53(48-60-54(57)45-39-33-27-20-17-13-15-19-25-31-37-43-51(4)5)62-56(59)47-41-35-29-21-16-12-10-8-9-11-14-18-24-30-36-42-50(2)3/h50-53H,7-49H2,1-6H3/t52?,53-/m0/s1. The zero-order valence-corrected chi connectivity index (χ0v) is 42.7. The van der Waals surface area contributed by atoms with E-state index in [0.29, 0.717) is 19.3 Å². The first-order valence-corrected chi connectivity index (χ1v) is 27.6. The molecule has 0 spiro atoms. The van der Waals surface area contributed by atoms with Gasteiger partial charge in [-0.25, -0.2) is 0 Å². The summed E-state index contributed by atoms with van der Waals surface area (Å²) in [5.74, 6) is 1.67. The molecule has 6 nitrogen and oxygen atoms in total. The van der Waals surface area contributed by atoms with E-state index in [0.717, 1.165) is 75.5 Å². The molecule has 1 unspecified atom stereocenters. The maximum atomic E-state index is 12.8. The molecule has 368 valence electrons. The third-order valence-corrected chi connectivity index (χ3v) is 13.0. The van der Waals surface area contributed by atoms with E-state index in [1.54, 1.807) is 0 Å². The Morgan fingerprint density at radius 2 is 0.565 bits per heavy atom. The highest BCUT2D eigenvalue weighted by atomic mass is 16.6. The molecule has 0 bridgehead atoms. The molecular weight excluding hydrogens is 769 g/mol. The van der Waals surface area contributed by atoms with E-state index in [-0.39, 0.29) is 31.1 Å². The summed E-state index contributed by atoms with van der Waals surface area (Å²) >= 11 is 0. The van der Waals surface area contributed by atoms with Gasteiger partial charge in [-0.05, 0) is 37.0 Å². The van der Waals surface area contributed by atoms with Crippen LogP contribution < -0.4 is 0 Å². The highest BCUT2D eigenvalue weighted by Crippen LogP contribution is 2.18. The summed E-state index contributed by atoms with van der Waals surface area (Å²) in [5, 5.41) is 0. The van der Waals surface area contributed by atoms with Crippen LogP contribution in [0.2, 0.25) is 0 Å². The van der Waals surface area contributed by atoms with Gasteiger partial charge in [-0.2, -0.15) is 0 Å². The Kier molecular flexibility index (Phi) is 46.2. The van der Waals surface area contributed by atoms with Crippen molar-refractivity contribution in [3.05, 3.63) is 0 Å². The summed E-state index contributed by atoms with van der Waals surface area (Å²) in [6.07, 6.45) is 48.0.